The summed E-state index contributed by atoms with van der Waals surface area (Å²) in [6, 6.07) is 0.647. The van der Waals surface area contributed by atoms with E-state index in [0.29, 0.717) is 11.5 Å². The third kappa shape index (κ3) is 4.78. The Balaban J connectivity index is 2.43. The van der Waals surface area contributed by atoms with Crippen LogP contribution in [0.5, 0.6) is 0 Å². The second kappa shape index (κ2) is 7.62. The summed E-state index contributed by atoms with van der Waals surface area (Å²) in [7, 11) is 2.23. The van der Waals surface area contributed by atoms with Crippen molar-refractivity contribution in [1.29, 1.82) is 0 Å². The SMILES string of the molecule is CSCCC(C)N(C)CC1(CN)CCOCC1. The second-order valence-electron chi connectivity index (χ2n) is 5.36. The van der Waals surface area contributed by atoms with E-state index < -0.39 is 0 Å². The Morgan fingerprint density at radius 1 is 1.41 bits per heavy atom. The van der Waals surface area contributed by atoms with Crippen molar-refractivity contribution in [1.82, 2.24) is 4.90 Å². The molecular formula is C13H28N2OS. The molecular weight excluding hydrogens is 232 g/mol. The highest BCUT2D eigenvalue weighted by atomic mass is 32.2. The molecule has 1 fully saturated rings. The first-order chi connectivity index (χ1) is 8.13. The van der Waals surface area contributed by atoms with Crippen molar-refractivity contribution in [2.24, 2.45) is 11.1 Å². The second-order valence-corrected chi connectivity index (χ2v) is 6.35. The number of rotatable bonds is 7. The van der Waals surface area contributed by atoms with E-state index in [0.717, 1.165) is 39.1 Å². The van der Waals surface area contributed by atoms with Gasteiger partial charge in [-0.25, -0.2) is 0 Å². The van der Waals surface area contributed by atoms with Crippen molar-refractivity contribution in [3.63, 3.8) is 0 Å². The maximum Gasteiger partial charge on any atom is 0.0472 e. The molecule has 2 N–H and O–H groups in total. The van der Waals surface area contributed by atoms with Crippen molar-refractivity contribution in [3.05, 3.63) is 0 Å². The van der Waals surface area contributed by atoms with Crippen LogP contribution in [0.3, 0.4) is 0 Å². The molecule has 0 aromatic rings. The largest absolute Gasteiger partial charge is 0.381 e. The predicted octanol–water partition coefficient (Wildman–Crippen LogP) is 1.82. The van der Waals surface area contributed by atoms with Gasteiger partial charge < -0.3 is 15.4 Å². The van der Waals surface area contributed by atoms with Crippen molar-refractivity contribution in [2.45, 2.75) is 32.2 Å². The topological polar surface area (TPSA) is 38.5 Å². The van der Waals surface area contributed by atoms with Gasteiger partial charge in [0.15, 0.2) is 0 Å². The van der Waals surface area contributed by atoms with Crippen LogP contribution in [-0.4, -0.2) is 56.3 Å². The number of thioether (sulfide) groups is 1. The Morgan fingerprint density at radius 3 is 2.59 bits per heavy atom. The average molecular weight is 260 g/mol. The zero-order valence-corrected chi connectivity index (χ0v) is 12.4. The molecule has 3 nitrogen and oxygen atoms in total. The van der Waals surface area contributed by atoms with Gasteiger partial charge >= 0.3 is 0 Å². The molecule has 1 saturated heterocycles. The lowest BCUT2D eigenvalue weighted by molar-refractivity contribution is -0.00150. The third-order valence-electron chi connectivity index (χ3n) is 4.06. The molecule has 1 unspecified atom stereocenters. The summed E-state index contributed by atoms with van der Waals surface area (Å²) in [5.74, 6) is 1.24. The van der Waals surface area contributed by atoms with Gasteiger partial charge in [-0.3, -0.25) is 0 Å². The van der Waals surface area contributed by atoms with E-state index in [4.69, 9.17) is 10.5 Å². The lowest BCUT2D eigenvalue weighted by atomic mass is 9.79. The van der Waals surface area contributed by atoms with Crippen LogP contribution >= 0.6 is 11.8 Å². The lowest BCUT2D eigenvalue weighted by Gasteiger charge is -2.40. The first kappa shape index (κ1) is 15.3. The number of ether oxygens (including phenoxy) is 1. The molecule has 17 heavy (non-hydrogen) atoms. The van der Waals surface area contributed by atoms with Gasteiger partial charge in [-0.2, -0.15) is 11.8 Å². The summed E-state index contributed by atoms with van der Waals surface area (Å²) >= 11 is 1.93. The predicted molar refractivity (Wildman–Crippen MR) is 76.6 cm³/mol. The Hall–Kier alpha value is 0.230. The number of nitrogens with two attached hydrogens (primary N) is 1. The van der Waals surface area contributed by atoms with Crippen LogP contribution in [0, 0.1) is 5.41 Å². The Morgan fingerprint density at radius 2 is 2.06 bits per heavy atom. The number of hydrogen-bond acceptors (Lipinski definition) is 4. The van der Waals surface area contributed by atoms with Gasteiger partial charge in [-0.15, -0.1) is 0 Å². The summed E-state index contributed by atoms with van der Waals surface area (Å²) in [5.41, 5.74) is 6.29. The van der Waals surface area contributed by atoms with Crippen LogP contribution in [0.4, 0.5) is 0 Å². The van der Waals surface area contributed by atoms with E-state index in [9.17, 15) is 0 Å². The lowest BCUT2D eigenvalue weighted by Crippen LogP contribution is -2.47. The summed E-state index contributed by atoms with van der Waals surface area (Å²) < 4.78 is 5.46. The van der Waals surface area contributed by atoms with E-state index in [1.807, 2.05) is 11.8 Å². The molecule has 0 bridgehead atoms. The normalized spacial score (nSPS) is 21.7. The molecule has 0 saturated carbocycles. The maximum absolute atomic E-state index is 6.00. The van der Waals surface area contributed by atoms with Gasteiger partial charge in [0.2, 0.25) is 0 Å². The Bertz CT molecular complexity index is 208. The third-order valence-corrected chi connectivity index (χ3v) is 4.71. The van der Waals surface area contributed by atoms with Crippen LogP contribution in [0.1, 0.15) is 26.2 Å². The molecule has 1 aliphatic rings. The Labute approximate surface area is 110 Å². The quantitative estimate of drug-likeness (QED) is 0.758. The van der Waals surface area contributed by atoms with Gasteiger partial charge in [0.25, 0.3) is 0 Å². The molecule has 1 aliphatic heterocycles. The van der Waals surface area contributed by atoms with E-state index >= 15 is 0 Å². The van der Waals surface area contributed by atoms with Crippen LogP contribution in [0.25, 0.3) is 0 Å². The highest BCUT2D eigenvalue weighted by Gasteiger charge is 2.33. The summed E-state index contributed by atoms with van der Waals surface area (Å²) in [6.45, 7) is 5.98. The molecule has 0 aliphatic carbocycles. The molecule has 1 heterocycles. The molecule has 0 spiro atoms. The Kier molecular flexibility index (Phi) is 6.85. The standard InChI is InChI=1S/C13H28N2OS/c1-12(4-9-17-3)15(2)11-13(10-14)5-7-16-8-6-13/h12H,4-11,14H2,1-3H3. The fraction of sp³-hybridized carbons (Fsp3) is 1.00. The molecule has 1 atom stereocenters. The monoisotopic (exact) mass is 260 g/mol. The molecule has 0 aromatic heterocycles. The van der Waals surface area contributed by atoms with Gasteiger partial charge in [0, 0.05) is 25.8 Å². The highest BCUT2D eigenvalue weighted by Crippen LogP contribution is 2.30. The van der Waals surface area contributed by atoms with Crippen LogP contribution < -0.4 is 5.73 Å². The van der Waals surface area contributed by atoms with Crippen LogP contribution in [-0.2, 0) is 4.74 Å². The van der Waals surface area contributed by atoms with Gasteiger partial charge in [-0.1, -0.05) is 0 Å². The van der Waals surface area contributed by atoms with E-state index in [1.54, 1.807) is 0 Å². The minimum Gasteiger partial charge on any atom is -0.381 e. The first-order valence-corrected chi connectivity index (χ1v) is 8.00. The summed E-state index contributed by atoms with van der Waals surface area (Å²) in [4.78, 5) is 2.48. The van der Waals surface area contributed by atoms with Crippen LogP contribution in [0.2, 0.25) is 0 Å². The number of hydrogen-bond donors (Lipinski definition) is 1. The smallest absolute Gasteiger partial charge is 0.0472 e. The first-order valence-electron chi connectivity index (χ1n) is 6.60. The molecule has 0 radical (unpaired) electrons. The fourth-order valence-electron chi connectivity index (χ4n) is 2.42. The minimum absolute atomic E-state index is 0.292. The fourth-order valence-corrected chi connectivity index (χ4v) is 3.00. The summed E-state index contributed by atoms with van der Waals surface area (Å²) in [5, 5.41) is 0. The molecule has 0 amide bonds. The van der Waals surface area contributed by atoms with Gasteiger partial charge in [-0.05, 0) is 57.2 Å². The average Bonchev–Trinajstić information content (AvgIpc) is 2.36. The van der Waals surface area contributed by atoms with Crippen molar-refractivity contribution < 1.29 is 4.74 Å². The zero-order valence-electron chi connectivity index (χ0n) is 11.6. The van der Waals surface area contributed by atoms with Crippen molar-refractivity contribution in [3.8, 4) is 0 Å². The molecule has 1 rings (SSSR count). The van der Waals surface area contributed by atoms with Crippen molar-refractivity contribution in [2.75, 3.05) is 45.4 Å². The molecule has 102 valence electrons. The minimum atomic E-state index is 0.292. The zero-order chi connectivity index (χ0) is 12.7. The van der Waals surface area contributed by atoms with E-state index in [-0.39, 0.29) is 0 Å². The highest BCUT2D eigenvalue weighted by molar-refractivity contribution is 7.98. The molecule has 0 aromatic carbocycles. The van der Waals surface area contributed by atoms with Crippen LogP contribution in [0.15, 0.2) is 0 Å². The van der Waals surface area contributed by atoms with E-state index in [1.165, 1.54) is 12.2 Å². The van der Waals surface area contributed by atoms with Gasteiger partial charge in [0.05, 0.1) is 0 Å². The maximum atomic E-state index is 6.00. The van der Waals surface area contributed by atoms with Gasteiger partial charge in [0.1, 0.15) is 0 Å². The molecule has 4 heteroatoms. The number of nitrogens with zero attached hydrogens (tertiary/aromatic N) is 1. The van der Waals surface area contributed by atoms with Crippen molar-refractivity contribution >= 4 is 11.8 Å². The summed E-state index contributed by atoms with van der Waals surface area (Å²) in [6.07, 6.45) is 5.66. The van der Waals surface area contributed by atoms with E-state index in [2.05, 4.69) is 25.1 Å².